The van der Waals surface area contributed by atoms with Gasteiger partial charge in [-0.05, 0) is 54.7 Å². The van der Waals surface area contributed by atoms with E-state index in [1.165, 1.54) is 6.33 Å². The monoisotopic (exact) mass is 511 g/mol. The Morgan fingerprint density at radius 1 is 1.16 bits per heavy atom. The summed E-state index contributed by atoms with van der Waals surface area (Å²) in [5, 5.41) is 13.7. The van der Waals surface area contributed by atoms with Crippen LogP contribution in [0.5, 0.6) is 5.75 Å². The summed E-state index contributed by atoms with van der Waals surface area (Å²) in [5.74, 6) is 0.730. The third kappa shape index (κ3) is 4.21. The van der Waals surface area contributed by atoms with Crippen LogP contribution >= 0.6 is 0 Å². The Balaban J connectivity index is 1.21. The summed E-state index contributed by atoms with van der Waals surface area (Å²) in [4.78, 5) is 45.1. The van der Waals surface area contributed by atoms with Crippen molar-refractivity contribution in [3.05, 3.63) is 70.7 Å². The quantitative estimate of drug-likeness (QED) is 0.336. The van der Waals surface area contributed by atoms with E-state index in [1.807, 2.05) is 24.3 Å². The lowest BCUT2D eigenvalue weighted by Crippen LogP contribution is -2.26. The molecule has 1 atom stereocenters. The zero-order valence-electron chi connectivity index (χ0n) is 20.9. The Labute approximate surface area is 217 Å². The maximum absolute atomic E-state index is 13.1. The molecule has 11 nitrogen and oxygen atoms in total. The van der Waals surface area contributed by atoms with E-state index in [1.54, 1.807) is 30.8 Å². The third-order valence-corrected chi connectivity index (χ3v) is 6.90. The molecule has 2 aliphatic rings. The molecule has 4 aromatic rings. The number of carbonyl (C=O) groups excluding carboxylic acids is 3. The van der Waals surface area contributed by atoms with E-state index in [-0.39, 0.29) is 42.5 Å². The van der Waals surface area contributed by atoms with E-state index in [4.69, 9.17) is 4.74 Å². The van der Waals surface area contributed by atoms with Crippen molar-refractivity contribution in [1.82, 2.24) is 25.1 Å². The number of aryl methyl sites for hydroxylation is 2. The predicted octanol–water partition coefficient (Wildman–Crippen LogP) is 2.93. The number of fused-ring (bicyclic) bond motifs is 3. The van der Waals surface area contributed by atoms with Gasteiger partial charge in [0, 0.05) is 19.2 Å². The van der Waals surface area contributed by atoms with E-state index in [0.717, 1.165) is 29.5 Å². The van der Waals surface area contributed by atoms with Crippen molar-refractivity contribution in [2.24, 2.45) is 7.05 Å². The number of ether oxygens (including phenoxy) is 1. The van der Waals surface area contributed by atoms with Crippen molar-refractivity contribution >= 4 is 40.1 Å². The number of amides is 2. The average molecular weight is 512 g/mol. The highest BCUT2D eigenvalue weighted by Crippen LogP contribution is 2.36. The topological polar surface area (TPSA) is 140 Å². The minimum Gasteiger partial charge on any atom is -0.482 e. The molecule has 0 bridgehead atoms. The van der Waals surface area contributed by atoms with E-state index in [2.05, 4.69) is 31.0 Å². The number of hydrogen-bond acceptors (Lipinski definition) is 8. The highest BCUT2D eigenvalue weighted by atomic mass is 16.5. The van der Waals surface area contributed by atoms with Crippen molar-refractivity contribution in [3.63, 3.8) is 0 Å². The van der Waals surface area contributed by atoms with Crippen molar-refractivity contribution in [3.8, 4) is 5.75 Å². The molecular formula is C27H25N7O4. The van der Waals surface area contributed by atoms with Gasteiger partial charge in [-0.2, -0.15) is 5.10 Å². The smallest absolute Gasteiger partial charge is 0.272 e. The third-order valence-electron chi connectivity index (χ3n) is 6.90. The number of anilines is 2. The Morgan fingerprint density at radius 3 is 2.87 bits per heavy atom. The van der Waals surface area contributed by atoms with Gasteiger partial charge < -0.3 is 20.7 Å². The average Bonchev–Trinajstić information content (AvgIpc) is 3.46. The number of rotatable bonds is 6. The summed E-state index contributed by atoms with van der Waals surface area (Å²) in [7, 11) is 1.80. The molecule has 3 N–H and O–H groups in total. The molecule has 0 fully saturated rings. The number of hydrogen-bond donors (Lipinski definition) is 3. The van der Waals surface area contributed by atoms with Crippen molar-refractivity contribution in [1.29, 1.82) is 0 Å². The minimum absolute atomic E-state index is 0.0121. The van der Waals surface area contributed by atoms with Crippen molar-refractivity contribution in [2.75, 3.05) is 17.2 Å². The molecule has 0 spiro atoms. The van der Waals surface area contributed by atoms with Gasteiger partial charge in [-0.3, -0.25) is 19.1 Å². The van der Waals surface area contributed by atoms with Gasteiger partial charge in [0.2, 0.25) is 0 Å². The van der Waals surface area contributed by atoms with E-state index < -0.39 is 0 Å². The minimum atomic E-state index is -0.386. The largest absolute Gasteiger partial charge is 0.482 e. The maximum Gasteiger partial charge on any atom is 0.272 e. The maximum atomic E-state index is 13.1. The van der Waals surface area contributed by atoms with Gasteiger partial charge in [-0.15, -0.1) is 0 Å². The van der Waals surface area contributed by atoms with Gasteiger partial charge in [-0.25, -0.2) is 9.97 Å². The van der Waals surface area contributed by atoms with Gasteiger partial charge in [0.15, 0.2) is 23.9 Å². The van der Waals surface area contributed by atoms with Crippen LogP contribution in [0.25, 0.3) is 11.0 Å². The zero-order valence-corrected chi connectivity index (χ0v) is 20.9. The Hall–Kier alpha value is -4.80. The van der Waals surface area contributed by atoms with Gasteiger partial charge in [0.25, 0.3) is 11.8 Å². The van der Waals surface area contributed by atoms with Gasteiger partial charge in [0.1, 0.15) is 23.1 Å². The second-order valence-corrected chi connectivity index (χ2v) is 9.45. The Kier molecular flexibility index (Phi) is 5.74. The van der Waals surface area contributed by atoms with Crippen LogP contribution in [-0.2, 0) is 24.8 Å². The highest BCUT2D eigenvalue weighted by Gasteiger charge is 2.26. The molecule has 3 heterocycles. The lowest BCUT2D eigenvalue weighted by molar-refractivity contribution is -0.118. The summed E-state index contributed by atoms with van der Waals surface area (Å²) >= 11 is 0. The Bertz CT molecular complexity index is 1630. The predicted molar refractivity (Wildman–Crippen MR) is 139 cm³/mol. The first kappa shape index (κ1) is 23.6. The summed E-state index contributed by atoms with van der Waals surface area (Å²) in [5.41, 5.74) is 5.50. The van der Waals surface area contributed by atoms with Crippen LogP contribution < -0.4 is 20.7 Å². The molecule has 2 aromatic carbocycles. The number of nitrogens with zero attached hydrogens (tertiary/aromatic N) is 4. The molecule has 2 amide bonds. The van der Waals surface area contributed by atoms with Crippen LogP contribution in [0.2, 0.25) is 0 Å². The lowest BCUT2D eigenvalue weighted by Gasteiger charge is -2.18. The molecule has 38 heavy (non-hydrogen) atoms. The van der Waals surface area contributed by atoms with Gasteiger partial charge >= 0.3 is 0 Å². The molecular weight excluding hydrogens is 486 g/mol. The van der Waals surface area contributed by atoms with Crippen LogP contribution in [0.15, 0.2) is 42.7 Å². The number of carbonyl (C=O) groups is 3. The highest BCUT2D eigenvalue weighted by molar-refractivity contribution is 6.05. The molecule has 192 valence electrons. The molecule has 1 aliphatic carbocycles. The fraction of sp³-hybridized carbons (Fsp3) is 0.259. The summed E-state index contributed by atoms with van der Waals surface area (Å²) in [6, 6.07) is 11.2. The molecule has 0 saturated heterocycles. The number of benzene rings is 2. The summed E-state index contributed by atoms with van der Waals surface area (Å²) in [6.45, 7) is 1.79. The van der Waals surface area contributed by atoms with Crippen LogP contribution in [-0.4, -0.2) is 44.0 Å². The first-order valence-corrected chi connectivity index (χ1v) is 12.3. The van der Waals surface area contributed by atoms with Crippen LogP contribution in [0, 0.1) is 0 Å². The van der Waals surface area contributed by atoms with Crippen molar-refractivity contribution < 1.29 is 19.1 Å². The molecule has 1 unspecified atom stereocenters. The molecule has 11 heteroatoms. The molecule has 1 aliphatic heterocycles. The Morgan fingerprint density at radius 2 is 2.03 bits per heavy atom. The first-order valence-electron chi connectivity index (χ1n) is 12.3. The number of ketones is 1. The van der Waals surface area contributed by atoms with E-state index in [9.17, 15) is 14.4 Å². The van der Waals surface area contributed by atoms with E-state index in [0.29, 0.717) is 33.9 Å². The summed E-state index contributed by atoms with van der Waals surface area (Å²) < 4.78 is 7.05. The second-order valence-electron chi connectivity index (χ2n) is 9.45. The molecule has 0 radical (unpaired) electrons. The standard InChI is InChI=1S/C27H25N7O4/c1-14(35)16-4-6-18-17(10-16)5-7-19(18)32-26-24-23(33-34(26)2)25(30-13-29-24)27(37)28-11-15-3-8-21-20(9-15)31-22(36)12-38-21/h3-4,6,8-10,13,19,32H,5,7,11-12H2,1-2H3,(H,28,37)(H,31,36). The van der Waals surface area contributed by atoms with Crippen LogP contribution in [0.1, 0.15) is 56.9 Å². The normalized spacial score (nSPS) is 15.8. The van der Waals surface area contributed by atoms with Gasteiger partial charge in [-0.1, -0.05) is 18.2 Å². The van der Waals surface area contributed by atoms with Gasteiger partial charge in [0.05, 0.1) is 11.7 Å². The van der Waals surface area contributed by atoms with Crippen LogP contribution in [0.4, 0.5) is 11.5 Å². The fourth-order valence-electron chi connectivity index (χ4n) is 4.99. The van der Waals surface area contributed by atoms with E-state index >= 15 is 0 Å². The summed E-state index contributed by atoms with van der Waals surface area (Å²) in [6.07, 6.45) is 3.09. The number of aromatic nitrogens is 4. The first-order chi connectivity index (χ1) is 18.4. The fourth-order valence-corrected chi connectivity index (χ4v) is 4.99. The second kappa shape index (κ2) is 9.25. The zero-order chi connectivity index (χ0) is 26.4. The van der Waals surface area contributed by atoms with Crippen LogP contribution in [0.3, 0.4) is 0 Å². The molecule has 0 saturated carbocycles. The molecule has 6 rings (SSSR count). The number of Topliss-reactive ketones (excluding diaryl/α,β-unsaturated/α-hetero) is 1. The van der Waals surface area contributed by atoms with Crippen molar-refractivity contribution in [2.45, 2.75) is 32.4 Å². The number of nitrogens with one attached hydrogen (secondary N) is 3. The lowest BCUT2D eigenvalue weighted by atomic mass is 10.0. The molecule has 2 aromatic heterocycles. The SMILES string of the molecule is CC(=O)c1ccc2c(c1)CCC2Nc1c2ncnc(C(=O)NCc3ccc4c(c3)NC(=O)CO4)c2nn1C.